The van der Waals surface area contributed by atoms with Gasteiger partial charge in [0.05, 0.1) is 13.2 Å². The number of ether oxygens (including phenoxy) is 2. The molecule has 346 valence electrons. The van der Waals surface area contributed by atoms with Crippen molar-refractivity contribution < 1.29 is 46.4 Å². The third kappa shape index (κ3) is 24.9. The van der Waals surface area contributed by atoms with E-state index >= 15 is 0 Å². The quantitative estimate of drug-likeness (QED) is 0.0392. The first kappa shape index (κ1) is 53.7. The van der Waals surface area contributed by atoms with Gasteiger partial charge in [-0.2, -0.15) is 0 Å². The average Bonchev–Trinajstić information content (AvgIpc) is 3.69. The molecular weight excluding hydrogens is 781 g/mol. The van der Waals surface area contributed by atoms with Gasteiger partial charge >= 0.3 is 19.8 Å². The summed E-state index contributed by atoms with van der Waals surface area (Å²) in [6, 6.07) is 2.18. The van der Waals surface area contributed by atoms with Crippen LogP contribution in [0.15, 0.2) is 14.9 Å². The van der Waals surface area contributed by atoms with Crippen molar-refractivity contribution in [3.63, 3.8) is 0 Å². The van der Waals surface area contributed by atoms with E-state index < -0.39 is 26.5 Å². The van der Waals surface area contributed by atoms with E-state index in [1.54, 1.807) is 0 Å². The third-order valence-electron chi connectivity index (χ3n) is 11.2. The van der Waals surface area contributed by atoms with E-state index in [-0.39, 0.29) is 32.0 Å². The van der Waals surface area contributed by atoms with Crippen LogP contribution in [0, 0.1) is 20.8 Å². The van der Waals surface area contributed by atoms with Crippen LogP contribution in [-0.2, 0) is 58.4 Å². The van der Waals surface area contributed by atoms with Crippen molar-refractivity contribution in [1.29, 1.82) is 0 Å². The summed E-state index contributed by atoms with van der Waals surface area (Å²) in [5.41, 5.74) is 3.93. The van der Waals surface area contributed by atoms with Gasteiger partial charge in [0.2, 0.25) is 0 Å². The second-order valence-corrected chi connectivity index (χ2v) is 18.5. The number of phosphoric acid groups is 1. The number of phosphoric ester groups is 1. The fourth-order valence-corrected chi connectivity index (χ4v) is 8.09. The predicted octanol–water partition coefficient (Wildman–Crippen LogP) is 12.4. The number of hydrogen-bond donors (Lipinski definition) is 1. The Bertz CT molecular complexity index is 1480. The molecule has 11 nitrogen and oxygen atoms in total. The highest BCUT2D eigenvalue weighted by Gasteiger charge is 2.26. The maximum absolute atomic E-state index is 12.7. The van der Waals surface area contributed by atoms with Gasteiger partial charge in [0, 0.05) is 45.1 Å². The van der Waals surface area contributed by atoms with Crippen LogP contribution in [0.25, 0.3) is 0 Å². The first-order chi connectivity index (χ1) is 28.8. The SMILES string of the molecule is CCCCCc1oc(CCCCCCCCCCC(=O)OC[C@H](COP(=O)(O)OCCN(C)C)OC(=O)CCCCCCCCCCc2oc(CCC)cc2C)c(C)c1C. The molecule has 2 aromatic rings. The molecule has 0 aromatic carbocycles. The molecule has 2 rings (SSSR count). The summed E-state index contributed by atoms with van der Waals surface area (Å²) in [6.07, 6.45) is 25.2. The first-order valence-electron chi connectivity index (χ1n) is 23.6. The summed E-state index contributed by atoms with van der Waals surface area (Å²) >= 11 is 0. The molecule has 0 aliphatic rings. The number of carbonyl (C=O) groups is 2. The maximum Gasteiger partial charge on any atom is 0.472 e. The average molecular weight is 866 g/mol. The number of rotatable bonds is 38. The Kier molecular flexibility index (Phi) is 28.9. The van der Waals surface area contributed by atoms with Crippen LogP contribution in [0.3, 0.4) is 0 Å². The zero-order valence-corrected chi connectivity index (χ0v) is 39.8. The van der Waals surface area contributed by atoms with Crippen LogP contribution in [-0.4, -0.2) is 68.3 Å². The number of aryl methyl sites for hydroxylation is 5. The van der Waals surface area contributed by atoms with Gasteiger partial charge in [-0.3, -0.25) is 18.6 Å². The zero-order valence-electron chi connectivity index (χ0n) is 38.9. The molecule has 1 unspecified atom stereocenters. The lowest BCUT2D eigenvalue weighted by molar-refractivity contribution is -0.161. The van der Waals surface area contributed by atoms with Crippen molar-refractivity contribution in [1.82, 2.24) is 4.90 Å². The Morgan fingerprint density at radius 1 is 0.633 bits per heavy atom. The Morgan fingerprint density at radius 3 is 1.67 bits per heavy atom. The summed E-state index contributed by atoms with van der Waals surface area (Å²) in [5.74, 6) is 3.73. The predicted molar refractivity (Wildman–Crippen MR) is 240 cm³/mol. The monoisotopic (exact) mass is 866 g/mol. The summed E-state index contributed by atoms with van der Waals surface area (Å²) in [4.78, 5) is 37.3. The highest BCUT2D eigenvalue weighted by atomic mass is 31.2. The van der Waals surface area contributed by atoms with Crippen molar-refractivity contribution >= 4 is 19.8 Å². The number of hydrogen-bond acceptors (Lipinski definition) is 10. The molecule has 0 radical (unpaired) electrons. The number of carbonyl (C=O) groups excluding carboxylic acids is 2. The standard InChI is InChI=1S/C48H84NO10P/c1-8-10-23-30-45-40(4)41(5)46(59-45)31-25-20-16-12-13-17-21-26-32-47(50)54-37-43(38-56-60(52,53)55-35-34-49(6)7)58-48(51)33-27-22-18-14-11-15-19-24-29-44-39(3)36-42(57-44)28-9-2/h36,43H,8-35,37-38H2,1-7H3,(H,52,53)/t43-/m1/s1. The van der Waals surface area contributed by atoms with Crippen molar-refractivity contribution in [3.8, 4) is 0 Å². The van der Waals surface area contributed by atoms with Gasteiger partial charge in [-0.05, 0) is 96.1 Å². The molecule has 0 saturated heterocycles. The highest BCUT2D eigenvalue weighted by molar-refractivity contribution is 7.47. The van der Waals surface area contributed by atoms with Crippen LogP contribution in [0.2, 0.25) is 0 Å². The maximum atomic E-state index is 12.7. The largest absolute Gasteiger partial charge is 0.472 e. The number of unbranched alkanes of at least 4 members (excludes halogenated alkanes) is 16. The summed E-state index contributed by atoms with van der Waals surface area (Å²) in [5, 5.41) is 0. The van der Waals surface area contributed by atoms with Crippen LogP contribution in [0.5, 0.6) is 0 Å². The van der Waals surface area contributed by atoms with E-state index in [2.05, 4.69) is 40.7 Å². The lowest BCUT2D eigenvalue weighted by atomic mass is 10.0. The molecule has 0 bridgehead atoms. The van der Waals surface area contributed by atoms with Crippen LogP contribution < -0.4 is 0 Å². The molecule has 0 aliphatic carbocycles. The number of furan rings is 2. The molecule has 0 fully saturated rings. The lowest BCUT2D eigenvalue weighted by Crippen LogP contribution is -2.29. The Morgan fingerprint density at radius 2 is 1.13 bits per heavy atom. The van der Waals surface area contributed by atoms with E-state index in [1.807, 2.05) is 19.0 Å². The van der Waals surface area contributed by atoms with Gasteiger partial charge in [-0.25, -0.2) is 4.57 Å². The van der Waals surface area contributed by atoms with Gasteiger partial charge < -0.3 is 28.1 Å². The topological polar surface area (TPSA) is 138 Å². The molecular formula is C48H84NO10P. The molecule has 12 heteroatoms. The minimum Gasteiger partial charge on any atom is -0.466 e. The van der Waals surface area contributed by atoms with Crippen LogP contribution in [0.4, 0.5) is 0 Å². The van der Waals surface area contributed by atoms with Crippen molar-refractivity contribution in [2.24, 2.45) is 0 Å². The van der Waals surface area contributed by atoms with E-state index in [0.29, 0.717) is 19.4 Å². The third-order valence-corrected chi connectivity index (χ3v) is 12.2. The van der Waals surface area contributed by atoms with Gasteiger partial charge in [-0.15, -0.1) is 0 Å². The second kappa shape index (κ2) is 32.3. The minimum atomic E-state index is -4.38. The Balaban J connectivity index is 1.61. The van der Waals surface area contributed by atoms with Crippen molar-refractivity contribution in [2.75, 3.05) is 40.5 Å². The van der Waals surface area contributed by atoms with Crippen molar-refractivity contribution in [2.45, 2.75) is 208 Å². The number of esters is 2. The molecule has 0 saturated carbocycles. The Hall–Kier alpha value is -2.43. The van der Waals surface area contributed by atoms with Crippen LogP contribution >= 0.6 is 7.82 Å². The minimum absolute atomic E-state index is 0.00397. The molecule has 1 N–H and O–H groups in total. The summed E-state index contributed by atoms with van der Waals surface area (Å²) in [7, 11) is -0.743. The molecule has 0 amide bonds. The fraction of sp³-hybridized carbons (Fsp3) is 0.792. The fourth-order valence-electron chi connectivity index (χ4n) is 7.34. The molecule has 2 atom stereocenters. The molecule has 60 heavy (non-hydrogen) atoms. The van der Waals surface area contributed by atoms with E-state index in [9.17, 15) is 19.0 Å². The van der Waals surface area contributed by atoms with Crippen molar-refractivity contribution in [3.05, 3.63) is 45.8 Å². The molecule has 0 spiro atoms. The number of likely N-dealkylation sites (N-methyl/N-ethyl adjacent to an activating group) is 1. The van der Waals surface area contributed by atoms with E-state index in [4.69, 9.17) is 27.4 Å². The summed E-state index contributed by atoms with van der Waals surface area (Å²) < 4.78 is 45.9. The highest BCUT2D eigenvalue weighted by Crippen LogP contribution is 2.43. The van der Waals surface area contributed by atoms with E-state index in [1.165, 1.54) is 80.2 Å². The van der Waals surface area contributed by atoms with E-state index in [0.717, 1.165) is 101 Å². The van der Waals surface area contributed by atoms with Gasteiger partial charge in [0.1, 0.15) is 29.6 Å². The van der Waals surface area contributed by atoms with Gasteiger partial charge in [0.15, 0.2) is 6.10 Å². The normalized spacial score (nSPS) is 13.2. The zero-order chi connectivity index (χ0) is 44.0. The Labute approximate surface area is 364 Å². The number of nitrogens with zero attached hydrogens (tertiary/aromatic N) is 1. The first-order valence-corrected chi connectivity index (χ1v) is 25.1. The summed E-state index contributed by atoms with van der Waals surface area (Å²) in [6.45, 7) is 10.7. The van der Waals surface area contributed by atoms with Gasteiger partial charge in [-0.1, -0.05) is 104 Å². The molecule has 2 aromatic heterocycles. The second-order valence-electron chi connectivity index (χ2n) is 17.1. The molecule has 0 aliphatic heterocycles. The lowest BCUT2D eigenvalue weighted by Gasteiger charge is -2.20. The molecule has 2 heterocycles. The van der Waals surface area contributed by atoms with Gasteiger partial charge in [0.25, 0.3) is 0 Å². The van der Waals surface area contributed by atoms with Crippen LogP contribution in [0.1, 0.15) is 195 Å². The smallest absolute Gasteiger partial charge is 0.466 e.